The lowest BCUT2D eigenvalue weighted by Gasteiger charge is -2.34. The van der Waals surface area contributed by atoms with Gasteiger partial charge in [0.05, 0.1) is 12.7 Å². The molecular formula is C17H30N4O. The van der Waals surface area contributed by atoms with Crippen molar-refractivity contribution in [2.24, 2.45) is 11.8 Å². The second kappa shape index (κ2) is 8.06. The number of rotatable bonds is 6. The van der Waals surface area contributed by atoms with Crippen molar-refractivity contribution in [3.05, 3.63) is 12.7 Å². The van der Waals surface area contributed by atoms with Gasteiger partial charge in [0, 0.05) is 19.6 Å². The van der Waals surface area contributed by atoms with Gasteiger partial charge in [0.1, 0.15) is 12.7 Å². The molecule has 0 aromatic carbocycles. The fraction of sp³-hybridized carbons (Fsp3) is 0.882. The molecule has 2 fully saturated rings. The van der Waals surface area contributed by atoms with Crippen molar-refractivity contribution >= 4 is 0 Å². The maximum absolute atomic E-state index is 6.17. The van der Waals surface area contributed by atoms with Crippen LogP contribution in [-0.2, 0) is 11.3 Å². The van der Waals surface area contributed by atoms with Gasteiger partial charge in [0.15, 0.2) is 0 Å². The van der Waals surface area contributed by atoms with E-state index in [0.29, 0.717) is 12.0 Å². The molecule has 3 atom stereocenters. The maximum Gasteiger partial charge on any atom is 0.137 e. The Morgan fingerprint density at radius 2 is 2.09 bits per heavy atom. The van der Waals surface area contributed by atoms with E-state index in [2.05, 4.69) is 21.9 Å². The van der Waals surface area contributed by atoms with E-state index in [9.17, 15) is 0 Å². The Bertz CT molecular complexity index is 422. The van der Waals surface area contributed by atoms with Crippen LogP contribution in [0.2, 0.25) is 0 Å². The molecule has 1 saturated carbocycles. The van der Waals surface area contributed by atoms with Crippen LogP contribution in [0.25, 0.3) is 0 Å². The average molecular weight is 306 g/mol. The van der Waals surface area contributed by atoms with Crippen molar-refractivity contribution in [3.63, 3.8) is 0 Å². The zero-order valence-electron chi connectivity index (χ0n) is 13.9. The fourth-order valence-corrected chi connectivity index (χ4v) is 3.96. The molecule has 2 aliphatic rings. The Kier molecular flexibility index (Phi) is 5.84. The minimum absolute atomic E-state index is 0.504. The molecule has 5 nitrogen and oxygen atoms in total. The first-order valence-corrected chi connectivity index (χ1v) is 8.97. The molecule has 0 bridgehead atoms. The van der Waals surface area contributed by atoms with Crippen LogP contribution in [0.1, 0.15) is 45.4 Å². The number of aromatic nitrogens is 3. The zero-order valence-corrected chi connectivity index (χ0v) is 13.9. The molecule has 5 heteroatoms. The second-order valence-electron chi connectivity index (χ2n) is 7.10. The molecule has 0 radical (unpaired) electrons. The van der Waals surface area contributed by atoms with Crippen LogP contribution < -0.4 is 0 Å². The summed E-state index contributed by atoms with van der Waals surface area (Å²) in [7, 11) is 0. The van der Waals surface area contributed by atoms with Gasteiger partial charge in [-0.25, -0.2) is 4.98 Å². The maximum atomic E-state index is 6.17. The molecule has 1 aromatic rings. The van der Waals surface area contributed by atoms with Crippen LogP contribution in [0.15, 0.2) is 12.7 Å². The predicted molar refractivity (Wildman–Crippen MR) is 86.6 cm³/mol. The van der Waals surface area contributed by atoms with Crippen LogP contribution in [0.3, 0.4) is 0 Å². The van der Waals surface area contributed by atoms with E-state index in [-0.39, 0.29) is 0 Å². The lowest BCUT2D eigenvalue weighted by atomic mass is 9.88. The van der Waals surface area contributed by atoms with Crippen molar-refractivity contribution in [3.8, 4) is 0 Å². The molecule has 3 rings (SSSR count). The SMILES string of the molecule is C[C@@H]1CCCC[C@H]1OCCN1CCC[C@H](Cn2cncn2)C1. The predicted octanol–water partition coefficient (Wildman–Crippen LogP) is 2.59. The van der Waals surface area contributed by atoms with Crippen molar-refractivity contribution < 1.29 is 4.74 Å². The summed E-state index contributed by atoms with van der Waals surface area (Å²) >= 11 is 0. The highest BCUT2D eigenvalue weighted by Crippen LogP contribution is 2.26. The van der Waals surface area contributed by atoms with Crippen molar-refractivity contribution in [2.75, 3.05) is 26.2 Å². The number of nitrogens with zero attached hydrogens (tertiary/aromatic N) is 4. The molecule has 0 spiro atoms. The second-order valence-corrected chi connectivity index (χ2v) is 7.10. The van der Waals surface area contributed by atoms with Crippen LogP contribution in [-0.4, -0.2) is 52.0 Å². The Morgan fingerprint density at radius 3 is 2.91 bits per heavy atom. The Labute approximate surface area is 134 Å². The summed E-state index contributed by atoms with van der Waals surface area (Å²) < 4.78 is 8.14. The van der Waals surface area contributed by atoms with Crippen LogP contribution >= 0.6 is 0 Å². The third-order valence-corrected chi connectivity index (χ3v) is 5.29. The summed E-state index contributed by atoms with van der Waals surface area (Å²) in [4.78, 5) is 6.60. The van der Waals surface area contributed by atoms with Gasteiger partial charge in [-0.05, 0) is 44.1 Å². The standard InChI is InChI=1S/C17H30N4O/c1-15-5-2-3-7-17(15)22-10-9-20-8-4-6-16(11-20)12-21-14-18-13-19-21/h13-17H,2-12H2,1H3/t15-,16+,17-/m1/s1. The lowest BCUT2D eigenvalue weighted by Crippen LogP contribution is -2.39. The van der Waals surface area contributed by atoms with Gasteiger partial charge in [-0.1, -0.05) is 19.8 Å². The van der Waals surface area contributed by atoms with E-state index in [1.54, 1.807) is 6.33 Å². The van der Waals surface area contributed by atoms with E-state index in [1.165, 1.54) is 51.6 Å². The molecule has 1 aliphatic carbocycles. The largest absolute Gasteiger partial charge is 0.377 e. The van der Waals surface area contributed by atoms with Gasteiger partial charge in [-0.15, -0.1) is 0 Å². The van der Waals surface area contributed by atoms with Gasteiger partial charge >= 0.3 is 0 Å². The number of hydrogen-bond donors (Lipinski definition) is 0. The van der Waals surface area contributed by atoms with E-state index >= 15 is 0 Å². The summed E-state index contributed by atoms with van der Waals surface area (Å²) in [5, 5.41) is 4.23. The highest BCUT2D eigenvalue weighted by Gasteiger charge is 2.23. The minimum Gasteiger partial charge on any atom is -0.377 e. The highest BCUT2D eigenvalue weighted by molar-refractivity contribution is 4.75. The average Bonchev–Trinajstić information content (AvgIpc) is 3.03. The lowest BCUT2D eigenvalue weighted by molar-refractivity contribution is -0.0177. The van der Waals surface area contributed by atoms with E-state index in [4.69, 9.17) is 4.74 Å². The van der Waals surface area contributed by atoms with Crippen LogP contribution in [0.4, 0.5) is 0 Å². The highest BCUT2D eigenvalue weighted by atomic mass is 16.5. The first kappa shape index (κ1) is 15.9. The quantitative estimate of drug-likeness (QED) is 0.810. The Morgan fingerprint density at radius 1 is 1.18 bits per heavy atom. The molecule has 1 aromatic heterocycles. The first-order valence-electron chi connectivity index (χ1n) is 8.97. The zero-order chi connectivity index (χ0) is 15.2. The van der Waals surface area contributed by atoms with Crippen molar-refractivity contribution in [1.82, 2.24) is 19.7 Å². The molecule has 1 saturated heterocycles. The summed E-state index contributed by atoms with van der Waals surface area (Å²) in [5.74, 6) is 1.44. The number of ether oxygens (including phenoxy) is 1. The Hall–Kier alpha value is -0.940. The summed E-state index contributed by atoms with van der Waals surface area (Å²) in [6.45, 7) is 7.71. The molecule has 2 heterocycles. The normalized spacial score (nSPS) is 30.5. The van der Waals surface area contributed by atoms with Gasteiger partial charge in [0.2, 0.25) is 0 Å². The number of likely N-dealkylation sites (tertiary alicyclic amines) is 1. The van der Waals surface area contributed by atoms with Crippen LogP contribution in [0, 0.1) is 11.8 Å². The summed E-state index contributed by atoms with van der Waals surface area (Å²) in [6.07, 6.45) is 11.9. The van der Waals surface area contributed by atoms with Crippen molar-refractivity contribution in [1.29, 1.82) is 0 Å². The summed E-state index contributed by atoms with van der Waals surface area (Å²) in [6, 6.07) is 0. The fourth-order valence-electron chi connectivity index (χ4n) is 3.96. The number of piperidine rings is 1. The minimum atomic E-state index is 0.504. The molecule has 1 aliphatic heterocycles. The molecular weight excluding hydrogens is 276 g/mol. The van der Waals surface area contributed by atoms with Gasteiger partial charge in [-0.2, -0.15) is 5.10 Å². The molecule has 124 valence electrons. The third-order valence-electron chi connectivity index (χ3n) is 5.29. The van der Waals surface area contributed by atoms with E-state index in [1.807, 2.05) is 11.0 Å². The van der Waals surface area contributed by atoms with Gasteiger partial charge < -0.3 is 9.64 Å². The first-order chi connectivity index (χ1) is 10.8. The van der Waals surface area contributed by atoms with Crippen molar-refractivity contribution in [2.45, 2.75) is 58.1 Å². The van der Waals surface area contributed by atoms with Crippen LogP contribution in [0.5, 0.6) is 0 Å². The van der Waals surface area contributed by atoms with E-state index < -0.39 is 0 Å². The molecule has 22 heavy (non-hydrogen) atoms. The van der Waals surface area contributed by atoms with Gasteiger partial charge in [-0.3, -0.25) is 4.68 Å². The number of hydrogen-bond acceptors (Lipinski definition) is 4. The third kappa shape index (κ3) is 4.53. The molecule has 0 amide bonds. The smallest absolute Gasteiger partial charge is 0.137 e. The van der Waals surface area contributed by atoms with E-state index in [0.717, 1.165) is 25.6 Å². The topological polar surface area (TPSA) is 43.2 Å². The molecule has 0 N–H and O–H groups in total. The monoisotopic (exact) mass is 306 g/mol. The molecule has 0 unspecified atom stereocenters. The Balaban J connectivity index is 1.37. The summed E-state index contributed by atoms with van der Waals surface area (Å²) in [5.41, 5.74) is 0. The van der Waals surface area contributed by atoms with Gasteiger partial charge in [0.25, 0.3) is 0 Å².